The lowest BCUT2D eigenvalue weighted by atomic mass is 10.1. The van der Waals surface area contributed by atoms with E-state index < -0.39 is 5.97 Å². The van der Waals surface area contributed by atoms with Gasteiger partial charge in [0.15, 0.2) is 10.8 Å². The van der Waals surface area contributed by atoms with Gasteiger partial charge in [0, 0.05) is 24.4 Å². The number of ether oxygens (including phenoxy) is 1. The minimum absolute atomic E-state index is 0.123. The van der Waals surface area contributed by atoms with Gasteiger partial charge in [0.2, 0.25) is 0 Å². The molecule has 0 radical (unpaired) electrons. The molecule has 0 aliphatic heterocycles. The molecular weight excluding hydrogens is 493 g/mol. The molecule has 0 saturated carbocycles. The number of methoxy groups -OCH3 is 1. The summed E-state index contributed by atoms with van der Waals surface area (Å²) < 4.78 is 20.1. The topological polar surface area (TPSA) is 109 Å². The molecule has 5 rings (SSSR count). The van der Waals surface area contributed by atoms with Crippen LogP contribution in [0.3, 0.4) is 0 Å². The number of fused-ring (bicyclic) bond motifs is 1. The first-order valence-corrected chi connectivity index (χ1v) is 12.1. The SMILES string of the molecule is CCc1nc2ccc(-c3cnc(C(=O)OC)cn3)cn2c1N(C)c1nc(-c2ccc(F)cc2)c(C#N)s1. The molecule has 0 unspecified atom stereocenters. The summed E-state index contributed by atoms with van der Waals surface area (Å²) in [6.07, 6.45) is 5.46. The summed E-state index contributed by atoms with van der Waals surface area (Å²) in [5.74, 6) is -0.114. The van der Waals surface area contributed by atoms with Gasteiger partial charge in [0.05, 0.1) is 30.9 Å². The Labute approximate surface area is 215 Å². The van der Waals surface area contributed by atoms with Crippen molar-refractivity contribution in [1.82, 2.24) is 24.3 Å². The molecule has 0 amide bonds. The van der Waals surface area contributed by atoms with Crippen LogP contribution in [-0.2, 0) is 11.2 Å². The Morgan fingerprint density at radius 1 is 1.14 bits per heavy atom. The number of hydrogen-bond acceptors (Lipinski definition) is 9. The number of hydrogen-bond donors (Lipinski definition) is 0. The van der Waals surface area contributed by atoms with E-state index in [0.717, 1.165) is 22.7 Å². The molecule has 5 aromatic rings. The van der Waals surface area contributed by atoms with E-state index >= 15 is 0 Å². The Hall–Kier alpha value is -4.69. The molecule has 4 heterocycles. The molecule has 0 atom stereocenters. The van der Waals surface area contributed by atoms with E-state index in [9.17, 15) is 14.4 Å². The molecule has 184 valence electrons. The summed E-state index contributed by atoms with van der Waals surface area (Å²) in [4.78, 5) is 32.0. The van der Waals surface area contributed by atoms with Crippen molar-refractivity contribution in [3.8, 4) is 28.6 Å². The average molecular weight is 514 g/mol. The molecule has 0 fully saturated rings. The number of nitriles is 1. The highest BCUT2D eigenvalue weighted by atomic mass is 32.1. The number of benzene rings is 1. The van der Waals surface area contributed by atoms with E-state index in [0.29, 0.717) is 33.4 Å². The third kappa shape index (κ3) is 4.39. The maximum atomic E-state index is 13.4. The number of esters is 1. The summed E-state index contributed by atoms with van der Waals surface area (Å²) in [7, 11) is 3.16. The standard InChI is InChI=1S/C26H20FN7O2S/c1-4-18-24(33(2)26-32-23(21(11-28)37-26)15-5-8-17(27)9-6-15)34-14-16(7-10-22(34)31-18)19-12-30-20(13-29-19)25(35)36-3/h5-10,12-14H,4H2,1-3H3. The van der Waals surface area contributed by atoms with Crippen molar-refractivity contribution >= 4 is 33.9 Å². The van der Waals surface area contributed by atoms with Gasteiger partial charge in [-0.1, -0.05) is 18.3 Å². The molecular formula is C26H20FN7O2S. The van der Waals surface area contributed by atoms with E-state index in [-0.39, 0.29) is 11.5 Å². The monoisotopic (exact) mass is 513 g/mol. The molecule has 4 aromatic heterocycles. The normalized spacial score (nSPS) is 10.9. The minimum atomic E-state index is -0.555. The second kappa shape index (κ2) is 9.75. The van der Waals surface area contributed by atoms with Crippen molar-refractivity contribution in [2.24, 2.45) is 0 Å². The molecule has 0 aliphatic rings. The van der Waals surface area contributed by atoms with Crippen LogP contribution in [0.2, 0.25) is 0 Å². The molecule has 11 heteroatoms. The van der Waals surface area contributed by atoms with Crippen molar-refractivity contribution in [3.63, 3.8) is 0 Å². The highest BCUT2D eigenvalue weighted by Crippen LogP contribution is 2.37. The molecule has 9 nitrogen and oxygen atoms in total. The molecule has 1 aromatic carbocycles. The zero-order valence-electron chi connectivity index (χ0n) is 20.1. The number of halogens is 1. The van der Waals surface area contributed by atoms with Gasteiger partial charge in [-0.15, -0.1) is 0 Å². The minimum Gasteiger partial charge on any atom is -0.464 e. The number of pyridine rings is 1. The van der Waals surface area contributed by atoms with Gasteiger partial charge in [0.1, 0.15) is 33.9 Å². The zero-order chi connectivity index (χ0) is 26.1. The van der Waals surface area contributed by atoms with E-state index in [2.05, 4.69) is 20.8 Å². The number of aryl methyl sites for hydroxylation is 1. The van der Waals surface area contributed by atoms with Crippen LogP contribution in [0.25, 0.3) is 28.2 Å². The number of carbonyl (C=O) groups excluding carboxylic acids is 1. The second-order valence-corrected chi connectivity index (χ2v) is 8.99. The third-order valence-corrected chi connectivity index (χ3v) is 6.82. The number of nitrogens with zero attached hydrogens (tertiary/aromatic N) is 7. The third-order valence-electron chi connectivity index (χ3n) is 5.78. The molecule has 0 N–H and O–H groups in total. The first kappa shape index (κ1) is 24.0. The molecule has 0 bridgehead atoms. The predicted octanol–water partition coefficient (Wildman–Crippen LogP) is 5.04. The molecule has 0 aliphatic carbocycles. The lowest BCUT2D eigenvalue weighted by Crippen LogP contribution is -2.13. The van der Waals surface area contributed by atoms with Crippen LogP contribution in [0.1, 0.15) is 28.0 Å². The largest absolute Gasteiger partial charge is 0.464 e. The number of rotatable bonds is 6. The van der Waals surface area contributed by atoms with Crippen LogP contribution in [0.15, 0.2) is 55.0 Å². The maximum Gasteiger partial charge on any atom is 0.358 e. The van der Waals surface area contributed by atoms with Crippen molar-refractivity contribution < 1.29 is 13.9 Å². The van der Waals surface area contributed by atoms with E-state index in [1.54, 1.807) is 12.1 Å². The van der Waals surface area contributed by atoms with E-state index in [1.807, 2.05) is 41.6 Å². The molecule has 0 saturated heterocycles. The zero-order valence-corrected chi connectivity index (χ0v) is 21.0. The number of imidazole rings is 1. The Kier molecular flexibility index (Phi) is 6.33. The van der Waals surface area contributed by atoms with Crippen molar-refractivity contribution in [2.75, 3.05) is 19.1 Å². The Morgan fingerprint density at radius 2 is 1.89 bits per heavy atom. The van der Waals surface area contributed by atoms with Crippen LogP contribution < -0.4 is 4.90 Å². The van der Waals surface area contributed by atoms with Gasteiger partial charge >= 0.3 is 5.97 Å². The summed E-state index contributed by atoms with van der Waals surface area (Å²) in [5.41, 5.74) is 4.23. The van der Waals surface area contributed by atoms with E-state index in [1.165, 1.54) is 43.0 Å². The van der Waals surface area contributed by atoms with Gasteiger partial charge in [-0.2, -0.15) is 5.26 Å². The average Bonchev–Trinajstić information content (AvgIpc) is 3.54. The molecule has 0 spiro atoms. The number of carbonyl (C=O) groups is 1. The number of anilines is 2. The summed E-state index contributed by atoms with van der Waals surface area (Å²) in [5, 5.41) is 10.3. The van der Waals surface area contributed by atoms with Crippen LogP contribution in [0, 0.1) is 17.1 Å². The Morgan fingerprint density at radius 3 is 2.54 bits per heavy atom. The van der Waals surface area contributed by atoms with Crippen LogP contribution >= 0.6 is 11.3 Å². The number of thiazole rings is 1. The van der Waals surface area contributed by atoms with Crippen LogP contribution in [0.4, 0.5) is 15.3 Å². The quantitative estimate of drug-likeness (QED) is 0.291. The Bertz CT molecular complexity index is 1650. The Balaban J connectivity index is 1.58. The maximum absolute atomic E-state index is 13.4. The smallest absolute Gasteiger partial charge is 0.358 e. The number of aromatic nitrogens is 5. The van der Waals surface area contributed by atoms with Gasteiger partial charge < -0.3 is 9.64 Å². The fraction of sp³-hybridized carbons (Fsp3) is 0.154. The van der Waals surface area contributed by atoms with Crippen LogP contribution in [-0.4, -0.2) is 44.5 Å². The predicted molar refractivity (Wildman–Crippen MR) is 137 cm³/mol. The van der Waals surface area contributed by atoms with Crippen molar-refractivity contribution in [3.05, 3.63) is 77.1 Å². The fourth-order valence-corrected chi connectivity index (χ4v) is 4.78. The lowest BCUT2D eigenvalue weighted by molar-refractivity contribution is 0.0593. The highest BCUT2D eigenvalue weighted by Gasteiger charge is 2.22. The fourth-order valence-electron chi connectivity index (χ4n) is 3.93. The first-order valence-electron chi connectivity index (χ1n) is 11.3. The van der Waals surface area contributed by atoms with Crippen molar-refractivity contribution in [2.45, 2.75) is 13.3 Å². The first-order chi connectivity index (χ1) is 17.9. The highest BCUT2D eigenvalue weighted by molar-refractivity contribution is 7.16. The van der Waals surface area contributed by atoms with Gasteiger partial charge in [-0.25, -0.2) is 24.1 Å². The summed E-state index contributed by atoms with van der Waals surface area (Å²) in [6, 6.07) is 11.9. The van der Waals surface area contributed by atoms with Gasteiger partial charge in [0.25, 0.3) is 0 Å². The van der Waals surface area contributed by atoms with Crippen LogP contribution in [0.5, 0.6) is 0 Å². The summed E-state index contributed by atoms with van der Waals surface area (Å²) in [6.45, 7) is 2.02. The van der Waals surface area contributed by atoms with Crippen molar-refractivity contribution in [1.29, 1.82) is 5.26 Å². The second-order valence-electron chi connectivity index (χ2n) is 8.01. The van der Waals surface area contributed by atoms with E-state index in [4.69, 9.17) is 9.97 Å². The van der Waals surface area contributed by atoms with Gasteiger partial charge in [-0.05, 0) is 42.8 Å². The molecule has 37 heavy (non-hydrogen) atoms. The lowest BCUT2D eigenvalue weighted by Gasteiger charge is -2.17. The van der Waals surface area contributed by atoms with Gasteiger partial charge in [-0.3, -0.25) is 9.38 Å². The summed E-state index contributed by atoms with van der Waals surface area (Å²) >= 11 is 1.25.